The topological polar surface area (TPSA) is 50.2 Å². The monoisotopic (exact) mass is 388 g/mol. The van der Waals surface area contributed by atoms with Gasteiger partial charge < -0.3 is 10.2 Å². The van der Waals surface area contributed by atoms with Crippen molar-refractivity contribution in [3.8, 4) is 0 Å². The van der Waals surface area contributed by atoms with Gasteiger partial charge in [-0.05, 0) is 35.6 Å². The van der Waals surface area contributed by atoms with Crippen LogP contribution in [0.25, 0.3) is 10.8 Å². The van der Waals surface area contributed by atoms with Gasteiger partial charge in [-0.25, -0.2) is 0 Å². The maximum atomic E-state index is 12.7. The Kier molecular flexibility index (Phi) is 5.49. The smallest absolute Gasteiger partial charge is 0.274 e. The van der Waals surface area contributed by atoms with Gasteiger partial charge in [-0.1, -0.05) is 48.5 Å². The minimum Gasteiger partial charge on any atom is -0.343 e. The summed E-state index contributed by atoms with van der Waals surface area (Å²) in [6.07, 6.45) is 4.62. The third-order valence-corrected chi connectivity index (χ3v) is 5.72. The predicted molar refractivity (Wildman–Crippen MR) is 117 cm³/mol. The summed E-state index contributed by atoms with van der Waals surface area (Å²) in [6.45, 7) is 5.28. The highest BCUT2D eigenvalue weighted by Gasteiger charge is 2.29. The van der Waals surface area contributed by atoms with Crippen molar-refractivity contribution in [1.29, 1.82) is 0 Å². The molecule has 1 heterocycles. The maximum Gasteiger partial charge on any atom is 0.274 e. The van der Waals surface area contributed by atoms with Gasteiger partial charge in [0.05, 0.1) is 6.54 Å². The number of aromatic nitrogens is 2. The molecule has 1 N–H and O–H groups in total. The Morgan fingerprint density at radius 1 is 1.28 bits per heavy atom. The second-order valence-corrected chi connectivity index (χ2v) is 7.90. The van der Waals surface area contributed by atoms with Gasteiger partial charge in [-0.3, -0.25) is 9.48 Å². The molecule has 0 aliphatic heterocycles. The van der Waals surface area contributed by atoms with E-state index >= 15 is 0 Å². The second-order valence-electron chi connectivity index (χ2n) is 7.90. The Morgan fingerprint density at radius 2 is 2.07 bits per heavy atom. The number of rotatable bonds is 6. The molecule has 5 nitrogen and oxygen atoms in total. The second kappa shape index (κ2) is 8.21. The molecule has 5 heteroatoms. The van der Waals surface area contributed by atoms with Gasteiger partial charge in [0.1, 0.15) is 0 Å². The number of amides is 1. The average Bonchev–Trinajstić information content (AvgIpc) is 3.09. The first-order valence-electron chi connectivity index (χ1n) is 10.2. The minimum atomic E-state index is -0.0289. The fourth-order valence-corrected chi connectivity index (χ4v) is 4.22. The molecule has 3 aromatic rings. The lowest BCUT2D eigenvalue weighted by atomic mass is 9.90. The number of nitrogens with one attached hydrogen (secondary N) is 1. The number of hydrogen-bond acceptors (Lipinski definition) is 3. The average molecular weight is 389 g/mol. The van der Waals surface area contributed by atoms with E-state index in [9.17, 15) is 4.79 Å². The van der Waals surface area contributed by atoms with Crippen molar-refractivity contribution in [3.05, 3.63) is 77.6 Å². The minimum absolute atomic E-state index is 0.0289. The molecule has 0 saturated heterocycles. The highest BCUT2D eigenvalue weighted by molar-refractivity contribution is 5.93. The van der Waals surface area contributed by atoms with Crippen LogP contribution in [0.4, 0.5) is 0 Å². The van der Waals surface area contributed by atoms with E-state index in [4.69, 9.17) is 0 Å². The van der Waals surface area contributed by atoms with Gasteiger partial charge in [0, 0.05) is 37.9 Å². The standard InChI is InChI=1S/C24H28N4O/c1-4-14-28-22-13-12-19(15-21(22)23(26-28)24(29)27(2)3)25-16-18-10-7-9-17-8-5-6-11-20(17)18/h4-11,19,25H,1,12-16H2,2-3H3. The molecule has 0 spiro atoms. The summed E-state index contributed by atoms with van der Waals surface area (Å²) in [7, 11) is 3.56. The number of fused-ring (bicyclic) bond motifs is 2. The summed E-state index contributed by atoms with van der Waals surface area (Å²) >= 11 is 0. The van der Waals surface area contributed by atoms with E-state index < -0.39 is 0 Å². The Morgan fingerprint density at radius 3 is 2.86 bits per heavy atom. The molecular formula is C24H28N4O. The zero-order valence-electron chi connectivity index (χ0n) is 17.2. The number of benzene rings is 2. The Bertz CT molecular complexity index is 1040. The lowest BCUT2D eigenvalue weighted by Crippen LogP contribution is -2.35. The summed E-state index contributed by atoms with van der Waals surface area (Å²) in [5.41, 5.74) is 4.16. The van der Waals surface area contributed by atoms with Crippen LogP contribution in [0.1, 0.15) is 33.7 Å². The van der Waals surface area contributed by atoms with Crippen molar-refractivity contribution >= 4 is 16.7 Å². The van der Waals surface area contributed by atoms with Gasteiger partial charge in [-0.2, -0.15) is 5.10 Å². The Balaban J connectivity index is 1.55. The maximum absolute atomic E-state index is 12.7. The fourth-order valence-electron chi connectivity index (χ4n) is 4.22. The third-order valence-electron chi connectivity index (χ3n) is 5.72. The van der Waals surface area contributed by atoms with Crippen molar-refractivity contribution < 1.29 is 4.79 Å². The van der Waals surface area contributed by atoms with Gasteiger partial charge in [-0.15, -0.1) is 6.58 Å². The molecule has 1 aromatic heterocycles. The van der Waals surface area contributed by atoms with Crippen LogP contribution in [0.2, 0.25) is 0 Å². The quantitative estimate of drug-likeness (QED) is 0.657. The number of nitrogens with zero attached hydrogens (tertiary/aromatic N) is 3. The van der Waals surface area contributed by atoms with Crippen LogP contribution in [-0.2, 0) is 25.9 Å². The molecule has 29 heavy (non-hydrogen) atoms. The van der Waals surface area contributed by atoms with E-state index in [-0.39, 0.29) is 5.91 Å². The van der Waals surface area contributed by atoms with Gasteiger partial charge in [0.2, 0.25) is 0 Å². The molecule has 1 aliphatic rings. The Labute approximate surface area is 172 Å². The summed E-state index contributed by atoms with van der Waals surface area (Å²) in [5.74, 6) is -0.0289. The predicted octanol–water partition coefficient (Wildman–Crippen LogP) is 3.57. The molecule has 0 radical (unpaired) electrons. The molecule has 1 unspecified atom stereocenters. The van der Waals surface area contributed by atoms with Gasteiger partial charge >= 0.3 is 0 Å². The number of allylic oxidation sites excluding steroid dienone is 1. The summed E-state index contributed by atoms with van der Waals surface area (Å²) in [5, 5.41) is 10.9. The van der Waals surface area contributed by atoms with Crippen molar-refractivity contribution in [1.82, 2.24) is 20.0 Å². The molecule has 0 bridgehead atoms. The van der Waals surface area contributed by atoms with Crippen LogP contribution in [0.5, 0.6) is 0 Å². The largest absolute Gasteiger partial charge is 0.343 e. The Hall–Kier alpha value is -2.92. The summed E-state index contributed by atoms with van der Waals surface area (Å²) in [6, 6.07) is 15.3. The summed E-state index contributed by atoms with van der Waals surface area (Å²) < 4.78 is 1.94. The van der Waals surface area contributed by atoms with Crippen LogP contribution in [-0.4, -0.2) is 40.7 Å². The molecule has 0 fully saturated rings. The third kappa shape index (κ3) is 3.83. The number of carbonyl (C=O) groups is 1. The van der Waals surface area contributed by atoms with E-state index in [1.807, 2.05) is 10.8 Å². The molecule has 1 amide bonds. The SMILES string of the molecule is C=CCn1nc(C(=O)N(C)C)c2c1CCC(NCc1cccc3ccccc13)C2. The zero-order valence-corrected chi connectivity index (χ0v) is 17.2. The van der Waals surface area contributed by atoms with Crippen molar-refractivity contribution in [3.63, 3.8) is 0 Å². The molecule has 0 saturated carbocycles. The molecule has 150 valence electrons. The van der Waals surface area contributed by atoms with Gasteiger partial charge in [0.25, 0.3) is 5.91 Å². The molecular weight excluding hydrogens is 360 g/mol. The van der Waals surface area contributed by atoms with E-state index in [1.165, 1.54) is 22.0 Å². The van der Waals surface area contributed by atoms with Gasteiger partial charge in [0.15, 0.2) is 5.69 Å². The van der Waals surface area contributed by atoms with Crippen LogP contribution in [0, 0.1) is 0 Å². The molecule has 4 rings (SSSR count). The molecule has 2 aromatic carbocycles. The number of hydrogen-bond donors (Lipinski definition) is 1. The first kappa shape index (κ1) is 19.4. The van der Waals surface area contributed by atoms with E-state index in [2.05, 4.69) is 59.5 Å². The highest BCUT2D eigenvalue weighted by atomic mass is 16.2. The van der Waals surface area contributed by atoms with Crippen LogP contribution in [0.3, 0.4) is 0 Å². The first-order valence-corrected chi connectivity index (χ1v) is 10.2. The van der Waals surface area contributed by atoms with Crippen molar-refractivity contribution in [2.75, 3.05) is 14.1 Å². The fraction of sp³-hybridized carbons (Fsp3) is 0.333. The number of carbonyl (C=O) groups excluding carboxylic acids is 1. The lowest BCUT2D eigenvalue weighted by molar-refractivity contribution is 0.0820. The van der Waals surface area contributed by atoms with Crippen molar-refractivity contribution in [2.24, 2.45) is 0 Å². The first-order chi connectivity index (χ1) is 14.1. The van der Waals surface area contributed by atoms with E-state index in [0.717, 1.165) is 31.4 Å². The molecule has 1 aliphatic carbocycles. The normalized spacial score (nSPS) is 15.9. The van der Waals surface area contributed by atoms with Crippen LogP contribution in [0.15, 0.2) is 55.1 Å². The van der Waals surface area contributed by atoms with E-state index in [1.54, 1.807) is 19.0 Å². The van der Waals surface area contributed by atoms with Crippen LogP contribution >= 0.6 is 0 Å². The summed E-state index contributed by atoms with van der Waals surface area (Å²) in [4.78, 5) is 14.3. The van der Waals surface area contributed by atoms with Crippen LogP contribution < -0.4 is 5.32 Å². The lowest BCUT2D eigenvalue weighted by Gasteiger charge is -2.25. The zero-order chi connectivity index (χ0) is 20.4. The van der Waals surface area contributed by atoms with Crippen molar-refractivity contribution in [2.45, 2.75) is 38.4 Å². The highest BCUT2D eigenvalue weighted by Crippen LogP contribution is 2.26. The van der Waals surface area contributed by atoms with E-state index in [0.29, 0.717) is 18.3 Å². The molecule has 1 atom stereocenters.